The van der Waals surface area contributed by atoms with Gasteiger partial charge in [-0.2, -0.15) is 0 Å². The molecule has 1 N–H and O–H groups in total. The van der Waals surface area contributed by atoms with Gasteiger partial charge in [0.05, 0.1) is 18.5 Å². The maximum atomic E-state index is 14.1. The molecule has 4 rings (SSSR count). The predicted octanol–water partition coefficient (Wildman–Crippen LogP) is 6.67. The summed E-state index contributed by atoms with van der Waals surface area (Å²) >= 11 is 0. The van der Waals surface area contributed by atoms with Crippen molar-refractivity contribution in [2.75, 3.05) is 11.4 Å². The van der Waals surface area contributed by atoms with Gasteiger partial charge in [-0.05, 0) is 73.5 Å². The molecule has 0 bridgehead atoms. The number of anilines is 1. The summed E-state index contributed by atoms with van der Waals surface area (Å²) in [4.78, 5) is 32.5. The van der Waals surface area contributed by atoms with E-state index in [2.05, 4.69) is 29.2 Å². The number of amides is 1. The van der Waals surface area contributed by atoms with Crippen molar-refractivity contribution in [1.82, 2.24) is 5.32 Å². The SMILES string of the molecule is CCCCC[C@H]1C[C@H](NCCCC)C[C@@H]2[C@H]1C(=O)c1cc(CN=[N+]=[N-])ccc1N2C(=O)c1ccco1. The van der Waals surface area contributed by atoms with E-state index in [1.165, 1.54) is 6.26 Å². The summed E-state index contributed by atoms with van der Waals surface area (Å²) in [5, 5.41) is 7.39. The van der Waals surface area contributed by atoms with Gasteiger partial charge in [-0.25, -0.2) is 0 Å². The zero-order valence-electron chi connectivity index (χ0n) is 21.4. The second-order valence-electron chi connectivity index (χ2n) is 10.1. The van der Waals surface area contributed by atoms with E-state index in [4.69, 9.17) is 9.95 Å². The lowest BCUT2D eigenvalue weighted by atomic mass is 9.66. The first-order chi connectivity index (χ1) is 17.6. The van der Waals surface area contributed by atoms with Gasteiger partial charge < -0.3 is 14.6 Å². The lowest BCUT2D eigenvalue weighted by Gasteiger charge is -2.49. The number of hydrogen-bond acceptors (Lipinski definition) is 5. The molecule has 1 fully saturated rings. The number of nitrogens with one attached hydrogen (secondary N) is 1. The van der Waals surface area contributed by atoms with Gasteiger partial charge in [0.25, 0.3) is 5.91 Å². The van der Waals surface area contributed by atoms with E-state index in [1.807, 2.05) is 17.0 Å². The van der Waals surface area contributed by atoms with Gasteiger partial charge in [0, 0.05) is 28.5 Å². The minimum Gasteiger partial charge on any atom is -0.459 e. The first-order valence-electron chi connectivity index (χ1n) is 13.4. The Bertz CT molecular complexity index is 1090. The van der Waals surface area contributed by atoms with Crippen molar-refractivity contribution in [2.45, 2.75) is 83.8 Å². The van der Waals surface area contributed by atoms with Gasteiger partial charge in [-0.1, -0.05) is 50.7 Å². The van der Waals surface area contributed by atoms with Gasteiger partial charge in [0.1, 0.15) is 0 Å². The maximum Gasteiger partial charge on any atom is 0.294 e. The number of rotatable bonds is 11. The number of fused-ring (bicyclic) bond motifs is 2. The van der Waals surface area contributed by atoms with Crippen LogP contribution in [-0.2, 0) is 6.54 Å². The van der Waals surface area contributed by atoms with Crippen LogP contribution in [0, 0.1) is 11.8 Å². The van der Waals surface area contributed by atoms with Crippen LogP contribution in [0.25, 0.3) is 10.4 Å². The number of nitrogens with zero attached hydrogens (tertiary/aromatic N) is 4. The third-order valence-electron chi connectivity index (χ3n) is 7.67. The summed E-state index contributed by atoms with van der Waals surface area (Å²) in [6.45, 7) is 5.49. The smallest absolute Gasteiger partial charge is 0.294 e. The molecule has 2 heterocycles. The zero-order chi connectivity index (χ0) is 25.5. The average molecular weight is 492 g/mol. The molecule has 0 saturated heterocycles. The fourth-order valence-electron chi connectivity index (χ4n) is 5.96. The number of ketones is 1. The highest BCUT2D eigenvalue weighted by Crippen LogP contribution is 2.46. The van der Waals surface area contributed by atoms with Crippen molar-refractivity contribution >= 4 is 17.4 Å². The Hall–Kier alpha value is -3.09. The van der Waals surface area contributed by atoms with Gasteiger partial charge in [-0.15, -0.1) is 0 Å². The van der Waals surface area contributed by atoms with E-state index in [1.54, 1.807) is 18.2 Å². The molecule has 1 saturated carbocycles. The van der Waals surface area contributed by atoms with Gasteiger partial charge >= 0.3 is 0 Å². The third kappa shape index (κ3) is 5.50. The number of Topliss-reactive ketones (excluding diaryl/α,β-unsaturated/α-hetero) is 1. The number of unbranched alkanes of at least 4 members (excludes halogenated alkanes) is 3. The molecule has 8 heteroatoms. The molecule has 192 valence electrons. The van der Waals surface area contributed by atoms with Crippen LogP contribution in [0.4, 0.5) is 5.69 Å². The molecular formula is C28H37N5O3. The van der Waals surface area contributed by atoms with Crippen LogP contribution in [0.5, 0.6) is 0 Å². The second-order valence-corrected chi connectivity index (χ2v) is 10.1. The Morgan fingerprint density at radius 1 is 1.19 bits per heavy atom. The predicted molar refractivity (Wildman–Crippen MR) is 140 cm³/mol. The van der Waals surface area contributed by atoms with Crippen molar-refractivity contribution in [2.24, 2.45) is 17.0 Å². The first-order valence-corrected chi connectivity index (χ1v) is 13.4. The van der Waals surface area contributed by atoms with Crippen LogP contribution in [0.15, 0.2) is 46.1 Å². The van der Waals surface area contributed by atoms with Crippen molar-refractivity contribution in [3.8, 4) is 0 Å². The Balaban J connectivity index is 1.76. The number of furan rings is 1. The number of carbonyl (C=O) groups excluding carboxylic acids is 2. The molecule has 8 nitrogen and oxygen atoms in total. The molecule has 0 spiro atoms. The van der Waals surface area contributed by atoms with E-state index in [9.17, 15) is 9.59 Å². The standard InChI is InChI=1S/C28H37N5O3/c1-3-5-7-9-20-16-21(30-13-6-4-2)17-24-26(20)27(34)22-15-19(18-31-32-29)11-12-23(22)33(24)28(35)25-10-8-14-36-25/h8,10-12,14-15,20-21,24,26,30H,3-7,9,13,16-18H2,1-2H3/t20-,21-,24+,26-/m0/s1. The lowest BCUT2D eigenvalue weighted by molar-refractivity contribution is 0.0689. The summed E-state index contributed by atoms with van der Waals surface area (Å²) in [6, 6.07) is 8.89. The largest absolute Gasteiger partial charge is 0.459 e. The summed E-state index contributed by atoms with van der Waals surface area (Å²) in [6.07, 6.45) is 9.73. The Kier molecular flexibility index (Phi) is 8.83. The summed E-state index contributed by atoms with van der Waals surface area (Å²) in [5.41, 5.74) is 10.7. The third-order valence-corrected chi connectivity index (χ3v) is 7.67. The molecule has 2 aromatic rings. The Morgan fingerprint density at radius 2 is 2.03 bits per heavy atom. The molecule has 1 aromatic heterocycles. The minimum absolute atomic E-state index is 0.106. The molecule has 4 atom stereocenters. The molecule has 1 aromatic carbocycles. The zero-order valence-corrected chi connectivity index (χ0v) is 21.4. The first kappa shape index (κ1) is 26.0. The molecule has 0 unspecified atom stereocenters. The number of carbonyl (C=O) groups is 2. The molecule has 1 aliphatic heterocycles. The van der Waals surface area contributed by atoms with Crippen LogP contribution in [0.3, 0.4) is 0 Å². The molecule has 1 aliphatic carbocycles. The second kappa shape index (κ2) is 12.2. The highest BCUT2D eigenvalue weighted by Gasteiger charge is 2.50. The van der Waals surface area contributed by atoms with Crippen molar-refractivity contribution in [3.05, 3.63) is 63.9 Å². The molecule has 0 radical (unpaired) electrons. The normalized spacial score (nSPS) is 23.1. The minimum atomic E-state index is -0.257. The van der Waals surface area contributed by atoms with E-state index in [-0.39, 0.29) is 47.9 Å². The number of benzene rings is 1. The monoisotopic (exact) mass is 491 g/mol. The van der Waals surface area contributed by atoms with E-state index in [0.29, 0.717) is 11.3 Å². The van der Waals surface area contributed by atoms with Crippen molar-refractivity contribution in [1.29, 1.82) is 0 Å². The average Bonchev–Trinajstić information content (AvgIpc) is 3.43. The lowest BCUT2D eigenvalue weighted by Crippen LogP contribution is -2.59. The van der Waals surface area contributed by atoms with E-state index >= 15 is 0 Å². The molecule has 36 heavy (non-hydrogen) atoms. The fraction of sp³-hybridized carbons (Fsp3) is 0.571. The van der Waals surface area contributed by atoms with Crippen molar-refractivity contribution in [3.63, 3.8) is 0 Å². The number of hydrogen-bond donors (Lipinski definition) is 1. The van der Waals surface area contributed by atoms with Gasteiger partial charge in [-0.3, -0.25) is 9.59 Å². The quantitative estimate of drug-likeness (QED) is 0.164. The van der Waals surface area contributed by atoms with Crippen LogP contribution in [0.2, 0.25) is 0 Å². The van der Waals surface area contributed by atoms with Crippen molar-refractivity contribution < 1.29 is 14.0 Å². The summed E-state index contributed by atoms with van der Waals surface area (Å²) in [5.74, 6) is 0.105. The van der Waals surface area contributed by atoms with Crippen LogP contribution in [-0.4, -0.2) is 30.3 Å². The molecular weight excluding hydrogens is 454 g/mol. The molecule has 1 amide bonds. The fourth-order valence-corrected chi connectivity index (χ4v) is 5.96. The Labute approximate surface area is 213 Å². The topological polar surface area (TPSA) is 111 Å². The van der Waals surface area contributed by atoms with Crippen LogP contribution < -0.4 is 10.2 Å². The number of azide groups is 1. The highest BCUT2D eigenvalue weighted by atomic mass is 16.3. The highest BCUT2D eigenvalue weighted by molar-refractivity contribution is 6.14. The van der Waals surface area contributed by atoms with E-state index < -0.39 is 0 Å². The molecule has 2 aliphatic rings. The Morgan fingerprint density at radius 3 is 2.75 bits per heavy atom. The summed E-state index contributed by atoms with van der Waals surface area (Å²) < 4.78 is 5.51. The van der Waals surface area contributed by atoms with Gasteiger partial charge in [0.15, 0.2) is 11.5 Å². The maximum absolute atomic E-state index is 14.1. The van der Waals surface area contributed by atoms with Crippen LogP contribution >= 0.6 is 0 Å². The van der Waals surface area contributed by atoms with Crippen LogP contribution in [0.1, 0.15) is 91.7 Å². The summed E-state index contributed by atoms with van der Waals surface area (Å²) in [7, 11) is 0. The van der Waals surface area contributed by atoms with E-state index in [0.717, 1.165) is 63.5 Å². The van der Waals surface area contributed by atoms with Gasteiger partial charge in [0.2, 0.25) is 0 Å².